The first-order valence-corrected chi connectivity index (χ1v) is 5.66. The van der Waals surface area contributed by atoms with Crippen molar-refractivity contribution in [3.63, 3.8) is 0 Å². The van der Waals surface area contributed by atoms with E-state index in [4.69, 9.17) is 6.42 Å². The molecule has 2 atom stereocenters. The van der Waals surface area contributed by atoms with E-state index in [1.165, 1.54) is 0 Å². The van der Waals surface area contributed by atoms with Gasteiger partial charge in [0, 0.05) is 24.1 Å². The van der Waals surface area contributed by atoms with Crippen LogP contribution in [-0.2, 0) is 0 Å². The highest BCUT2D eigenvalue weighted by Gasteiger charge is 2.13. The van der Waals surface area contributed by atoms with Crippen molar-refractivity contribution in [2.75, 3.05) is 0 Å². The van der Waals surface area contributed by atoms with Gasteiger partial charge in [0.15, 0.2) is 0 Å². The zero-order chi connectivity index (χ0) is 12.0. The Morgan fingerprint density at radius 3 is 2.69 bits per heavy atom. The molecule has 0 aromatic heterocycles. The lowest BCUT2D eigenvalue weighted by molar-refractivity contribution is 0.421. The van der Waals surface area contributed by atoms with Crippen LogP contribution in [0.1, 0.15) is 38.3 Å². The largest absolute Gasteiger partial charge is 0.508 e. The number of terminal acetylenes is 1. The fourth-order valence-corrected chi connectivity index (χ4v) is 1.76. The van der Waals surface area contributed by atoms with Crippen LogP contribution in [0.5, 0.6) is 5.75 Å². The predicted octanol–water partition coefficient (Wildman–Crippen LogP) is 2.84. The Labute approximate surface area is 97.7 Å². The molecule has 2 heteroatoms. The maximum atomic E-state index is 9.72. The summed E-state index contributed by atoms with van der Waals surface area (Å²) in [6, 6.07) is 7.80. The van der Waals surface area contributed by atoms with Crippen molar-refractivity contribution in [3.05, 3.63) is 29.8 Å². The van der Waals surface area contributed by atoms with Gasteiger partial charge in [0.2, 0.25) is 0 Å². The summed E-state index contributed by atoms with van der Waals surface area (Å²) in [5.41, 5.74) is 0.915. The van der Waals surface area contributed by atoms with E-state index >= 15 is 0 Å². The molecule has 0 aliphatic heterocycles. The Hall–Kier alpha value is -1.46. The molecule has 0 saturated heterocycles. The molecule has 0 heterocycles. The number of nitrogens with one attached hydrogen (secondary N) is 1. The number of phenolic OH excluding ortho intramolecular Hbond substituents is 1. The van der Waals surface area contributed by atoms with E-state index in [0.717, 1.165) is 12.0 Å². The van der Waals surface area contributed by atoms with Gasteiger partial charge in [0.25, 0.3) is 0 Å². The minimum Gasteiger partial charge on any atom is -0.508 e. The summed E-state index contributed by atoms with van der Waals surface area (Å²) in [4.78, 5) is 0. The molecule has 1 aromatic rings. The maximum absolute atomic E-state index is 9.72. The van der Waals surface area contributed by atoms with Gasteiger partial charge < -0.3 is 10.4 Å². The zero-order valence-electron chi connectivity index (χ0n) is 9.90. The van der Waals surface area contributed by atoms with Crippen molar-refractivity contribution in [2.24, 2.45) is 0 Å². The zero-order valence-corrected chi connectivity index (χ0v) is 9.90. The monoisotopic (exact) mass is 217 g/mol. The third-order valence-corrected chi connectivity index (χ3v) is 2.75. The van der Waals surface area contributed by atoms with Crippen molar-refractivity contribution in [1.82, 2.24) is 5.32 Å². The van der Waals surface area contributed by atoms with Gasteiger partial charge in [-0.1, -0.05) is 25.1 Å². The van der Waals surface area contributed by atoms with E-state index < -0.39 is 0 Å². The first-order chi connectivity index (χ1) is 7.69. The Morgan fingerprint density at radius 2 is 2.12 bits per heavy atom. The molecule has 2 N–H and O–H groups in total. The molecule has 0 bridgehead atoms. The molecule has 86 valence electrons. The van der Waals surface area contributed by atoms with E-state index in [1.807, 2.05) is 25.1 Å². The molecule has 0 aliphatic rings. The second kappa shape index (κ2) is 6.19. The summed E-state index contributed by atoms with van der Waals surface area (Å²) in [6.07, 6.45) is 7.01. The summed E-state index contributed by atoms with van der Waals surface area (Å²) in [5.74, 6) is 3.00. The highest BCUT2D eigenvalue weighted by atomic mass is 16.3. The van der Waals surface area contributed by atoms with Gasteiger partial charge in [-0.3, -0.25) is 0 Å². The Kier molecular flexibility index (Phi) is 4.88. The van der Waals surface area contributed by atoms with Gasteiger partial charge >= 0.3 is 0 Å². The normalized spacial score (nSPS) is 14.1. The topological polar surface area (TPSA) is 32.3 Å². The summed E-state index contributed by atoms with van der Waals surface area (Å²) >= 11 is 0. The quantitative estimate of drug-likeness (QED) is 0.743. The van der Waals surface area contributed by atoms with Crippen LogP contribution in [0.3, 0.4) is 0 Å². The van der Waals surface area contributed by atoms with E-state index in [-0.39, 0.29) is 6.04 Å². The number of hydrogen-bond donors (Lipinski definition) is 2. The molecular formula is C14H19NO. The van der Waals surface area contributed by atoms with Gasteiger partial charge in [0.05, 0.1) is 0 Å². The fraction of sp³-hybridized carbons (Fsp3) is 0.429. The molecule has 16 heavy (non-hydrogen) atoms. The van der Waals surface area contributed by atoms with E-state index in [2.05, 4.69) is 18.2 Å². The Bertz CT molecular complexity index is 367. The van der Waals surface area contributed by atoms with Crippen molar-refractivity contribution in [3.8, 4) is 18.1 Å². The molecule has 0 aliphatic carbocycles. The second-order valence-electron chi connectivity index (χ2n) is 3.96. The molecule has 1 aromatic carbocycles. The van der Waals surface area contributed by atoms with Gasteiger partial charge in [-0.2, -0.15) is 0 Å². The molecule has 0 saturated carbocycles. The van der Waals surface area contributed by atoms with Crippen LogP contribution in [0.15, 0.2) is 24.3 Å². The average Bonchev–Trinajstić information content (AvgIpc) is 2.28. The first-order valence-electron chi connectivity index (χ1n) is 5.66. The molecular weight excluding hydrogens is 198 g/mol. The van der Waals surface area contributed by atoms with Crippen LogP contribution in [0.25, 0.3) is 0 Å². The Morgan fingerprint density at radius 1 is 1.44 bits per heavy atom. The average molecular weight is 217 g/mol. The first kappa shape index (κ1) is 12.6. The minimum atomic E-state index is 0.111. The highest BCUT2D eigenvalue weighted by Crippen LogP contribution is 2.23. The lowest BCUT2D eigenvalue weighted by Crippen LogP contribution is -2.30. The van der Waals surface area contributed by atoms with Crippen molar-refractivity contribution in [2.45, 2.75) is 38.8 Å². The summed E-state index contributed by atoms with van der Waals surface area (Å²) in [7, 11) is 0. The van der Waals surface area contributed by atoms with Crippen LogP contribution >= 0.6 is 0 Å². The van der Waals surface area contributed by atoms with E-state index in [9.17, 15) is 5.11 Å². The second-order valence-corrected chi connectivity index (χ2v) is 3.96. The smallest absolute Gasteiger partial charge is 0.120 e. The molecule has 2 nitrogen and oxygen atoms in total. The Balaban J connectivity index is 2.68. The lowest BCUT2D eigenvalue weighted by Gasteiger charge is -2.21. The van der Waals surface area contributed by atoms with Gasteiger partial charge in [-0.15, -0.1) is 12.3 Å². The fourth-order valence-electron chi connectivity index (χ4n) is 1.76. The number of benzene rings is 1. The number of phenols is 1. The third-order valence-electron chi connectivity index (χ3n) is 2.75. The predicted molar refractivity (Wildman–Crippen MR) is 67.2 cm³/mol. The lowest BCUT2D eigenvalue weighted by atomic mass is 10.0. The molecule has 0 spiro atoms. The van der Waals surface area contributed by atoms with Crippen LogP contribution in [0.2, 0.25) is 0 Å². The van der Waals surface area contributed by atoms with E-state index in [1.54, 1.807) is 6.07 Å². The summed E-state index contributed by atoms with van der Waals surface area (Å²) < 4.78 is 0. The molecule has 2 unspecified atom stereocenters. The standard InChI is InChI=1S/C14H19NO/c1-4-8-12(5-2)15-11(3)13-9-6-7-10-14(13)16/h1,6-7,9-12,15-16H,5,8H2,2-3H3. The minimum absolute atomic E-state index is 0.111. The van der Waals surface area contributed by atoms with E-state index in [0.29, 0.717) is 18.2 Å². The SMILES string of the molecule is C#CCC(CC)NC(C)c1ccccc1O. The highest BCUT2D eigenvalue weighted by molar-refractivity contribution is 5.34. The van der Waals surface area contributed by atoms with Crippen LogP contribution in [-0.4, -0.2) is 11.1 Å². The number of para-hydroxylation sites is 1. The van der Waals surface area contributed by atoms with Crippen LogP contribution in [0, 0.1) is 12.3 Å². The van der Waals surface area contributed by atoms with Gasteiger partial charge in [-0.05, 0) is 19.4 Å². The molecule has 0 amide bonds. The van der Waals surface area contributed by atoms with Crippen molar-refractivity contribution < 1.29 is 5.11 Å². The van der Waals surface area contributed by atoms with Crippen LogP contribution in [0.4, 0.5) is 0 Å². The molecule has 1 rings (SSSR count). The molecule has 0 fully saturated rings. The number of aromatic hydroxyl groups is 1. The van der Waals surface area contributed by atoms with Gasteiger partial charge in [-0.25, -0.2) is 0 Å². The third kappa shape index (κ3) is 3.29. The summed E-state index contributed by atoms with van der Waals surface area (Å²) in [6.45, 7) is 4.14. The molecule has 0 radical (unpaired) electrons. The number of rotatable bonds is 5. The summed E-state index contributed by atoms with van der Waals surface area (Å²) in [5, 5.41) is 13.1. The number of hydrogen-bond acceptors (Lipinski definition) is 2. The van der Waals surface area contributed by atoms with Crippen molar-refractivity contribution >= 4 is 0 Å². The van der Waals surface area contributed by atoms with Gasteiger partial charge in [0.1, 0.15) is 5.75 Å². The van der Waals surface area contributed by atoms with Crippen LogP contribution < -0.4 is 5.32 Å². The van der Waals surface area contributed by atoms with Crippen molar-refractivity contribution in [1.29, 1.82) is 0 Å². The maximum Gasteiger partial charge on any atom is 0.120 e.